The Labute approximate surface area is 118 Å². The van der Waals surface area contributed by atoms with Crippen LogP contribution in [0.1, 0.15) is 18.9 Å². The summed E-state index contributed by atoms with van der Waals surface area (Å²) in [5, 5.41) is 14.1. The molecule has 1 aromatic carbocycles. The molecule has 5 heteroatoms. The van der Waals surface area contributed by atoms with E-state index < -0.39 is 5.60 Å². The van der Waals surface area contributed by atoms with Gasteiger partial charge < -0.3 is 24.6 Å². The molecule has 0 aromatic heterocycles. The average Bonchev–Trinajstić information content (AvgIpc) is 2.47. The minimum absolute atomic E-state index is 0.173. The van der Waals surface area contributed by atoms with Crippen LogP contribution in [0.25, 0.3) is 0 Å². The minimum Gasteiger partial charge on any atom is -0.486 e. The number of morpholine rings is 1. The molecular formula is C15H21NO4. The number of ether oxygens (including phenoxy) is 3. The topological polar surface area (TPSA) is 60.0 Å². The van der Waals surface area contributed by atoms with Gasteiger partial charge in [0, 0.05) is 12.6 Å². The SMILES string of the molecule is CC(O)(CC1COCCN1)c1ccc2c(c1)OCCO2. The summed E-state index contributed by atoms with van der Waals surface area (Å²) in [7, 11) is 0. The third kappa shape index (κ3) is 2.90. The number of rotatable bonds is 3. The molecule has 1 fully saturated rings. The first-order valence-corrected chi connectivity index (χ1v) is 7.09. The molecule has 2 atom stereocenters. The Balaban J connectivity index is 1.75. The fraction of sp³-hybridized carbons (Fsp3) is 0.600. The minimum atomic E-state index is -0.922. The maximum atomic E-state index is 10.7. The Hall–Kier alpha value is -1.30. The van der Waals surface area contributed by atoms with Crippen molar-refractivity contribution in [1.29, 1.82) is 0 Å². The molecule has 1 saturated heterocycles. The molecule has 2 aliphatic heterocycles. The highest BCUT2D eigenvalue weighted by molar-refractivity contribution is 5.45. The van der Waals surface area contributed by atoms with Crippen LogP contribution in [-0.4, -0.2) is 44.1 Å². The Kier molecular flexibility index (Phi) is 3.83. The normalized spacial score (nSPS) is 25.0. The Morgan fingerprint density at radius 2 is 2.05 bits per heavy atom. The van der Waals surface area contributed by atoms with Gasteiger partial charge in [0.15, 0.2) is 11.5 Å². The molecule has 0 spiro atoms. The molecule has 2 unspecified atom stereocenters. The molecule has 0 radical (unpaired) electrons. The lowest BCUT2D eigenvalue weighted by atomic mass is 9.88. The zero-order valence-corrected chi connectivity index (χ0v) is 11.7. The lowest BCUT2D eigenvalue weighted by Gasteiger charge is -2.32. The predicted molar refractivity (Wildman–Crippen MR) is 74.2 cm³/mol. The zero-order valence-electron chi connectivity index (χ0n) is 11.7. The molecule has 5 nitrogen and oxygen atoms in total. The van der Waals surface area contributed by atoms with Crippen molar-refractivity contribution in [2.75, 3.05) is 33.0 Å². The maximum Gasteiger partial charge on any atom is 0.161 e. The standard InChI is InChI=1S/C15H21NO4/c1-15(17,9-12-10-18-5-4-16-12)11-2-3-13-14(8-11)20-7-6-19-13/h2-3,8,12,16-17H,4-7,9-10H2,1H3. The first-order chi connectivity index (χ1) is 9.65. The van der Waals surface area contributed by atoms with Crippen molar-refractivity contribution in [3.8, 4) is 11.5 Å². The van der Waals surface area contributed by atoms with Crippen LogP contribution in [0.15, 0.2) is 18.2 Å². The third-order valence-corrected chi connectivity index (χ3v) is 3.81. The van der Waals surface area contributed by atoms with Gasteiger partial charge in [0.05, 0.1) is 18.8 Å². The van der Waals surface area contributed by atoms with E-state index in [-0.39, 0.29) is 6.04 Å². The highest BCUT2D eigenvalue weighted by Gasteiger charge is 2.30. The molecule has 0 bridgehead atoms. The molecule has 2 N–H and O–H groups in total. The largest absolute Gasteiger partial charge is 0.486 e. The summed E-state index contributed by atoms with van der Waals surface area (Å²) >= 11 is 0. The average molecular weight is 279 g/mol. The molecule has 2 heterocycles. The van der Waals surface area contributed by atoms with Crippen molar-refractivity contribution in [2.24, 2.45) is 0 Å². The molecule has 3 rings (SSSR count). The van der Waals surface area contributed by atoms with Crippen LogP contribution in [0.5, 0.6) is 11.5 Å². The van der Waals surface area contributed by atoms with Crippen LogP contribution in [-0.2, 0) is 10.3 Å². The lowest BCUT2D eigenvalue weighted by Crippen LogP contribution is -2.45. The maximum absolute atomic E-state index is 10.7. The van der Waals surface area contributed by atoms with Crippen molar-refractivity contribution in [3.05, 3.63) is 23.8 Å². The quantitative estimate of drug-likeness (QED) is 0.866. The van der Waals surface area contributed by atoms with Gasteiger partial charge in [0.25, 0.3) is 0 Å². The van der Waals surface area contributed by atoms with Crippen LogP contribution in [0, 0.1) is 0 Å². The highest BCUT2D eigenvalue weighted by atomic mass is 16.6. The molecule has 1 aromatic rings. The van der Waals surface area contributed by atoms with Gasteiger partial charge in [0.1, 0.15) is 13.2 Å². The molecule has 0 saturated carbocycles. The van der Waals surface area contributed by atoms with E-state index in [2.05, 4.69) is 5.32 Å². The van der Waals surface area contributed by atoms with Gasteiger partial charge in [-0.3, -0.25) is 0 Å². The van der Waals surface area contributed by atoms with Gasteiger partial charge in [-0.05, 0) is 31.0 Å². The molecule has 110 valence electrons. The summed E-state index contributed by atoms with van der Waals surface area (Å²) in [6.45, 7) is 5.17. The Bertz CT molecular complexity index is 469. The fourth-order valence-corrected chi connectivity index (χ4v) is 2.73. The zero-order chi connectivity index (χ0) is 14.0. The van der Waals surface area contributed by atoms with Crippen molar-refractivity contribution in [2.45, 2.75) is 25.0 Å². The monoisotopic (exact) mass is 279 g/mol. The van der Waals surface area contributed by atoms with E-state index in [1.54, 1.807) is 0 Å². The van der Waals surface area contributed by atoms with Gasteiger partial charge in [-0.25, -0.2) is 0 Å². The van der Waals surface area contributed by atoms with Crippen molar-refractivity contribution in [1.82, 2.24) is 5.32 Å². The number of fused-ring (bicyclic) bond motifs is 1. The van der Waals surface area contributed by atoms with Gasteiger partial charge >= 0.3 is 0 Å². The molecule has 0 aliphatic carbocycles. The first-order valence-electron chi connectivity index (χ1n) is 7.09. The predicted octanol–water partition coefficient (Wildman–Crippen LogP) is 1.04. The number of hydrogen-bond acceptors (Lipinski definition) is 5. The van der Waals surface area contributed by atoms with Gasteiger partial charge in [0.2, 0.25) is 0 Å². The number of benzene rings is 1. The molecule has 0 amide bonds. The van der Waals surface area contributed by atoms with E-state index in [0.29, 0.717) is 32.0 Å². The Morgan fingerprint density at radius 3 is 2.80 bits per heavy atom. The van der Waals surface area contributed by atoms with Crippen molar-refractivity contribution >= 4 is 0 Å². The van der Waals surface area contributed by atoms with Crippen molar-refractivity contribution < 1.29 is 19.3 Å². The van der Waals surface area contributed by atoms with E-state index in [1.807, 2.05) is 25.1 Å². The van der Waals surface area contributed by atoms with Crippen molar-refractivity contribution in [3.63, 3.8) is 0 Å². The van der Waals surface area contributed by atoms with Crippen LogP contribution in [0.3, 0.4) is 0 Å². The Morgan fingerprint density at radius 1 is 1.25 bits per heavy atom. The van der Waals surface area contributed by atoms with Gasteiger partial charge in [-0.1, -0.05) is 6.07 Å². The number of hydrogen-bond donors (Lipinski definition) is 2. The summed E-state index contributed by atoms with van der Waals surface area (Å²) < 4.78 is 16.5. The van der Waals surface area contributed by atoms with Gasteiger partial charge in [-0.15, -0.1) is 0 Å². The fourth-order valence-electron chi connectivity index (χ4n) is 2.73. The van der Waals surface area contributed by atoms with E-state index in [4.69, 9.17) is 14.2 Å². The highest BCUT2D eigenvalue weighted by Crippen LogP contribution is 2.36. The second-order valence-corrected chi connectivity index (χ2v) is 5.56. The van der Waals surface area contributed by atoms with E-state index in [1.165, 1.54) is 0 Å². The lowest BCUT2D eigenvalue weighted by molar-refractivity contribution is 0.00294. The summed E-state index contributed by atoms with van der Waals surface area (Å²) in [6, 6.07) is 5.81. The third-order valence-electron chi connectivity index (χ3n) is 3.81. The second-order valence-electron chi connectivity index (χ2n) is 5.56. The molecular weight excluding hydrogens is 258 g/mol. The van der Waals surface area contributed by atoms with Crippen LogP contribution < -0.4 is 14.8 Å². The number of aliphatic hydroxyl groups is 1. The van der Waals surface area contributed by atoms with Gasteiger partial charge in [-0.2, -0.15) is 0 Å². The molecule has 20 heavy (non-hydrogen) atoms. The summed E-state index contributed by atoms with van der Waals surface area (Å²) in [5.74, 6) is 1.46. The first kappa shape index (κ1) is 13.7. The summed E-state index contributed by atoms with van der Waals surface area (Å²) in [4.78, 5) is 0. The van der Waals surface area contributed by atoms with Crippen LogP contribution >= 0.6 is 0 Å². The van der Waals surface area contributed by atoms with E-state index >= 15 is 0 Å². The second kappa shape index (κ2) is 5.60. The van der Waals surface area contributed by atoms with E-state index in [0.717, 1.165) is 24.5 Å². The summed E-state index contributed by atoms with van der Waals surface area (Å²) in [6.07, 6.45) is 0.604. The van der Waals surface area contributed by atoms with Crippen LogP contribution in [0.4, 0.5) is 0 Å². The summed E-state index contributed by atoms with van der Waals surface area (Å²) in [5.41, 5.74) is -0.0806. The number of nitrogens with one attached hydrogen (secondary N) is 1. The van der Waals surface area contributed by atoms with Crippen LogP contribution in [0.2, 0.25) is 0 Å². The smallest absolute Gasteiger partial charge is 0.161 e. The van der Waals surface area contributed by atoms with E-state index in [9.17, 15) is 5.11 Å². The molecule has 2 aliphatic rings.